The van der Waals surface area contributed by atoms with Crippen molar-refractivity contribution in [2.45, 2.75) is 13.0 Å². The minimum atomic E-state index is -0.726. The first-order valence-corrected chi connectivity index (χ1v) is 8.72. The number of benzene rings is 2. The molecule has 4 rings (SSSR count). The van der Waals surface area contributed by atoms with Crippen LogP contribution in [-0.4, -0.2) is 24.8 Å². The second-order valence-electron chi connectivity index (χ2n) is 5.75. The van der Waals surface area contributed by atoms with Crippen LogP contribution in [0.1, 0.15) is 9.75 Å². The molecule has 0 saturated heterocycles. The summed E-state index contributed by atoms with van der Waals surface area (Å²) in [5.41, 5.74) is 2.51. The summed E-state index contributed by atoms with van der Waals surface area (Å²) in [5, 5.41) is 6.10. The number of amides is 1. The molecular weight excluding hydrogens is 336 g/mol. The van der Waals surface area contributed by atoms with E-state index in [9.17, 15) is 4.79 Å². The number of nitrogens with one attached hydrogen (secondary N) is 1. The Hall–Kier alpha value is -2.86. The van der Waals surface area contributed by atoms with Gasteiger partial charge in [-0.25, -0.2) is 5.43 Å². The Morgan fingerprint density at radius 2 is 1.96 bits per heavy atom. The largest absolute Gasteiger partial charge is 0.485 e. The average molecular weight is 352 g/mol. The van der Waals surface area contributed by atoms with Crippen molar-refractivity contribution in [3.63, 3.8) is 0 Å². The molecule has 0 aliphatic carbocycles. The number of hydrazone groups is 1. The van der Waals surface area contributed by atoms with Gasteiger partial charge in [-0.1, -0.05) is 24.3 Å². The zero-order valence-corrected chi connectivity index (χ0v) is 14.4. The summed E-state index contributed by atoms with van der Waals surface area (Å²) >= 11 is 1.61. The third-order valence-corrected chi connectivity index (χ3v) is 4.83. The van der Waals surface area contributed by atoms with Crippen LogP contribution in [0.25, 0.3) is 10.8 Å². The highest BCUT2D eigenvalue weighted by Crippen LogP contribution is 2.35. The van der Waals surface area contributed by atoms with Crippen molar-refractivity contribution in [1.82, 2.24) is 5.43 Å². The summed E-state index contributed by atoms with van der Waals surface area (Å²) in [7, 11) is 0. The summed E-state index contributed by atoms with van der Waals surface area (Å²) < 4.78 is 11.5. The Morgan fingerprint density at radius 3 is 2.68 bits per heavy atom. The number of hydrogen-bond acceptors (Lipinski definition) is 5. The fourth-order valence-corrected chi connectivity index (χ4v) is 3.39. The lowest BCUT2D eigenvalue weighted by Gasteiger charge is -2.25. The van der Waals surface area contributed by atoms with Crippen molar-refractivity contribution >= 4 is 34.2 Å². The van der Waals surface area contributed by atoms with E-state index in [1.54, 1.807) is 17.6 Å². The summed E-state index contributed by atoms with van der Waals surface area (Å²) in [6.07, 6.45) is 0.900. The average Bonchev–Trinajstić information content (AvgIpc) is 3.04. The van der Waals surface area contributed by atoms with E-state index in [-0.39, 0.29) is 12.5 Å². The molecule has 0 fully saturated rings. The summed E-state index contributed by atoms with van der Waals surface area (Å²) in [5.74, 6) is 0.895. The Kier molecular flexibility index (Phi) is 4.11. The second kappa shape index (κ2) is 6.57. The summed E-state index contributed by atoms with van der Waals surface area (Å²) in [4.78, 5) is 14.4. The lowest BCUT2D eigenvalue weighted by molar-refractivity contribution is -0.130. The number of hydrogen-bond donors (Lipinski definition) is 1. The maximum absolute atomic E-state index is 12.2. The first-order valence-electron chi connectivity index (χ1n) is 7.91. The lowest BCUT2D eigenvalue weighted by Crippen LogP contribution is -2.42. The molecule has 1 aromatic heterocycles. The first-order chi connectivity index (χ1) is 12.2. The molecule has 1 atom stereocenters. The highest BCUT2D eigenvalue weighted by Gasteiger charge is 2.27. The molecule has 0 spiro atoms. The van der Waals surface area contributed by atoms with E-state index in [1.165, 1.54) is 4.88 Å². The second-order valence-corrected chi connectivity index (χ2v) is 7.07. The number of ether oxygens (including phenoxy) is 2. The number of carbonyl (C=O) groups is 1. The van der Waals surface area contributed by atoms with Gasteiger partial charge in [0.05, 0.1) is 6.21 Å². The van der Waals surface area contributed by atoms with Crippen LogP contribution in [0, 0.1) is 6.92 Å². The lowest BCUT2D eigenvalue weighted by atomic mass is 10.1. The number of aryl methyl sites for hydroxylation is 1. The summed E-state index contributed by atoms with van der Waals surface area (Å²) in [6, 6.07) is 15.7. The van der Waals surface area contributed by atoms with Crippen LogP contribution in [0.2, 0.25) is 0 Å². The molecule has 0 radical (unpaired) electrons. The standard InChI is InChI=1S/C19H16N2O3S/c1-12-6-7-15(25-12)10-20-21-19(22)18-11-23-16-8-13-4-2-3-5-14(13)9-17(16)24-18/h2-10,18H,11H2,1H3,(H,21,22)/b20-10-. The van der Waals surface area contributed by atoms with Crippen LogP contribution in [0.15, 0.2) is 53.6 Å². The molecule has 1 N–H and O–H groups in total. The maximum atomic E-state index is 12.2. The Balaban J connectivity index is 1.45. The monoisotopic (exact) mass is 352 g/mol. The number of carbonyl (C=O) groups excluding carboxylic acids is 1. The van der Waals surface area contributed by atoms with Crippen LogP contribution >= 0.6 is 11.3 Å². The van der Waals surface area contributed by atoms with Gasteiger partial charge in [0.15, 0.2) is 11.5 Å². The first kappa shape index (κ1) is 15.7. The van der Waals surface area contributed by atoms with Gasteiger partial charge < -0.3 is 9.47 Å². The van der Waals surface area contributed by atoms with E-state index in [2.05, 4.69) is 10.5 Å². The van der Waals surface area contributed by atoms with E-state index < -0.39 is 6.10 Å². The predicted molar refractivity (Wildman–Crippen MR) is 98.7 cm³/mol. The van der Waals surface area contributed by atoms with Gasteiger partial charge in [-0.2, -0.15) is 5.10 Å². The molecule has 6 heteroatoms. The molecule has 0 saturated carbocycles. The normalized spacial score (nSPS) is 16.3. The maximum Gasteiger partial charge on any atom is 0.284 e. The third kappa shape index (κ3) is 3.34. The van der Waals surface area contributed by atoms with Crippen molar-refractivity contribution in [3.05, 3.63) is 58.3 Å². The quantitative estimate of drug-likeness (QED) is 0.580. The van der Waals surface area contributed by atoms with E-state index in [1.807, 2.05) is 55.5 Å². The zero-order valence-electron chi connectivity index (χ0n) is 13.6. The van der Waals surface area contributed by atoms with E-state index in [4.69, 9.17) is 9.47 Å². The third-order valence-electron chi connectivity index (χ3n) is 3.89. The molecule has 5 nitrogen and oxygen atoms in total. The van der Waals surface area contributed by atoms with E-state index in [0.717, 1.165) is 15.6 Å². The molecule has 2 aromatic carbocycles. The van der Waals surface area contributed by atoms with Gasteiger partial charge in [0.1, 0.15) is 6.61 Å². The molecule has 3 aromatic rings. The molecule has 126 valence electrons. The van der Waals surface area contributed by atoms with Crippen molar-refractivity contribution in [2.24, 2.45) is 5.10 Å². The van der Waals surface area contributed by atoms with E-state index >= 15 is 0 Å². The number of thiophene rings is 1. The van der Waals surface area contributed by atoms with Crippen LogP contribution in [0.5, 0.6) is 11.5 Å². The van der Waals surface area contributed by atoms with Crippen LogP contribution in [-0.2, 0) is 4.79 Å². The van der Waals surface area contributed by atoms with Gasteiger partial charge in [0.2, 0.25) is 6.10 Å². The molecule has 25 heavy (non-hydrogen) atoms. The van der Waals surface area contributed by atoms with Crippen LogP contribution < -0.4 is 14.9 Å². The van der Waals surface area contributed by atoms with E-state index in [0.29, 0.717) is 11.5 Å². The van der Waals surface area contributed by atoms with Gasteiger partial charge >= 0.3 is 0 Å². The Bertz CT molecular complexity index is 964. The number of rotatable bonds is 3. The molecular formula is C19H16N2O3S. The highest BCUT2D eigenvalue weighted by atomic mass is 32.1. The zero-order chi connectivity index (χ0) is 17.2. The SMILES string of the molecule is Cc1ccc(/C=N\NC(=O)C2COc3cc4ccccc4cc3O2)s1. The fourth-order valence-electron chi connectivity index (χ4n) is 2.64. The number of fused-ring (bicyclic) bond motifs is 2. The fraction of sp³-hybridized carbons (Fsp3) is 0.158. The van der Waals surface area contributed by atoms with Crippen LogP contribution in [0.3, 0.4) is 0 Å². The molecule has 1 amide bonds. The molecule has 1 aliphatic heterocycles. The molecule has 0 bridgehead atoms. The Labute approximate surface area is 148 Å². The van der Waals surface area contributed by atoms with Gasteiger partial charge in [-0.3, -0.25) is 4.79 Å². The molecule has 1 unspecified atom stereocenters. The highest BCUT2D eigenvalue weighted by molar-refractivity contribution is 7.13. The van der Waals surface area contributed by atoms with Crippen molar-refractivity contribution in [3.8, 4) is 11.5 Å². The topological polar surface area (TPSA) is 59.9 Å². The minimum absolute atomic E-state index is 0.158. The van der Waals surface area contributed by atoms with Gasteiger partial charge in [-0.15, -0.1) is 11.3 Å². The van der Waals surface area contributed by atoms with Gasteiger partial charge in [-0.05, 0) is 42.0 Å². The predicted octanol–water partition coefficient (Wildman–Crippen LogP) is 3.50. The summed E-state index contributed by atoms with van der Waals surface area (Å²) in [6.45, 7) is 2.18. The van der Waals surface area contributed by atoms with Gasteiger partial charge in [0.25, 0.3) is 5.91 Å². The van der Waals surface area contributed by atoms with Crippen LogP contribution in [0.4, 0.5) is 0 Å². The van der Waals surface area contributed by atoms with Crippen molar-refractivity contribution < 1.29 is 14.3 Å². The minimum Gasteiger partial charge on any atom is -0.485 e. The van der Waals surface area contributed by atoms with Gasteiger partial charge in [0, 0.05) is 9.75 Å². The van der Waals surface area contributed by atoms with Crippen molar-refractivity contribution in [2.75, 3.05) is 6.61 Å². The smallest absolute Gasteiger partial charge is 0.284 e. The molecule has 1 aliphatic rings. The molecule has 2 heterocycles. The Morgan fingerprint density at radius 1 is 1.20 bits per heavy atom. The number of nitrogens with zero attached hydrogens (tertiary/aromatic N) is 1. The van der Waals surface area contributed by atoms with Crippen molar-refractivity contribution in [1.29, 1.82) is 0 Å².